The second-order valence-electron chi connectivity index (χ2n) is 3.61. The summed E-state index contributed by atoms with van der Waals surface area (Å²) in [6, 6.07) is 10.2. The number of rotatable bonds is 3. The van der Waals surface area contributed by atoms with Gasteiger partial charge in [0.05, 0.1) is 4.90 Å². The summed E-state index contributed by atoms with van der Waals surface area (Å²) in [6.45, 7) is 0. The smallest absolute Gasteiger partial charge is 0.261 e. The van der Waals surface area contributed by atoms with E-state index >= 15 is 0 Å². The normalized spacial score (nSPS) is 11.2. The molecular formula is C12H10FNO3S. The topological polar surface area (TPSA) is 66.4 Å². The van der Waals surface area contributed by atoms with E-state index in [4.69, 9.17) is 5.11 Å². The van der Waals surface area contributed by atoms with Crippen molar-refractivity contribution in [3.63, 3.8) is 0 Å². The van der Waals surface area contributed by atoms with Crippen LogP contribution in [-0.2, 0) is 10.0 Å². The number of phenolic OH excluding ortho intramolecular Hbond substituents is 1. The van der Waals surface area contributed by atoms with E-state index < -0.39 is 15.8 Å². The van der Waals surface area contributed by atoms with Crippen molar-refractivity contribution in [2.75, 3.05) is 4.72 Å². The highest BCUT2D eigenvalue weighted by Gasteiger charge is 2.14. The first-order valence-corrected chi connectivity index (χ1v) is 6.53. The summed E-state index contributed by atoms with van der Waals surface area (Å²) in [5.41, 5.74) is 0.289. The number of sulfonamides is 1. The number of nitrogens with one attached hydrogen (secondary N) is 1. The van der Waals surface area contributed by atoms with Gasteiger partial charge in [0.25, 0.3) is 10.0 Å². The zero-order valence-corrected chi connectivity index (χ0v) is 9.99. The Bertz CT molecular complexity index is 653. The highest BCUT2D eigenvalue weighted by atomic mass is 32.2. The molecule has 2 rings (SSSR count). The van der Waals surface area contributed by atoms with Crippen LogP contribution in [0.1, 0.15) is 0 Å². The van der Waals surface area contributed by atoms with Gasteiger partial charge in [-0.3, -0.25) is 4.72 Å². The molecular weight excluding hydrogens is 257 g/mol. The molecule has 0 aliphatic rings. The summed E-state index contributed by atoms with van der Waals surface area (Å²) in [5, 5.41) is 9.08. The molecule has 94 valence electrons. The zero-order valence-electron chi connectivity index (χ0n) is 9.17. The Balaban J connectivity index is 2.30. The van der Waals surface area contributed by atoms with Gasteiger partial charge in [-0.25, -0.2) is 12.8 Å². The van der Waals surface area contributed by atoms with Gasteiger partial charge >= 0.3 is 0 Å². The van der Waals surface area contributed by atoms with Gasteiger partial charge in [0.2, 0.25) is 0 Å². The van der Waals surface area contributed by atoms with Crippen molar-refractivity contribution in [2.45, 2.75) is 4.90 Å². The average molecular weight is 267 g/mol. The third-order valence-corrected chi connectivity index (χ3v) is 3.60. The van der Waals surface area contributed by atoms with E-state index in [0.717, 1.165) is 6.07 Å². The molecule has 4 nitrogen and oxygen atoms in total. The maximum Gasteiger partial charge on any atom is 0.261 e. The number of benzene rings is 2. The molecule has 0 bridgehead atoms. The molecule has 6 heteroatoms. The number of halogens is 1. The molecule has 0 radical (unpaired) electrons. The number of aromatic hydroxyl groups is 1. The van der Waals surface area contributed by atoms with Gasteiger partial charge < -0.3 is 5.11 Å². The van der Waals surface area contributed by atoms with E-state index in [1.54, 1.807) is 0 Å². The van der Waals surface area contributed by atoms with Gasteiger partial charge in [0, 0.05) is 5.69 Å². The lowest BCUT2D eigenvalue weighted by atomic mass is 10.3. The Kier molecular flexibility index (Phi) is 3.20. The zero-order chi connectivity index (χ0) is 13.2. The van der Waals surface area contributed by atoms with E-state index in [1.165, 1.54) is 42.5 Å². The second kappa shape index (κ2) is 4.66. The van der Waals surface area contributed by atoms with Crippen LogP contribution < -0.4 is 4.72 Å². The van der Waals surface area contributed by atoms with Crippen LogP contribution >= 0.6 is 0 Å². The molecule has 0 atom stereocenters. The van der Waals surface area contributed by atoms with Crippen molar-refractivity contribution < 1.29 is 17.9 Å². The van der Waals surface area contributed by atoms with E-state index in [0.29, 0.717) is 0 Å². The van der Waals surface area contributed by atoms with Gasteiger partial charge in [0.15, 0.2) is 0 Å². The van der Waals surface area contributed by atoms with E-state index in [2.05, 4.69) is 4.72 Å². The van der Waals surface area contributed by atoms with Crippen molar-refractivity contribution in [1.82, 2.24) is 0 Å². The van der Waals surface area contributed by atoms with Crippen molar-refractivity contribution >= 4 is 15.7 Å². The summed E-state index contributed by atoms with van der Waals surface area (Å²) >= 11 is 0. The molecule has 2 aromatic rings. The van der Waals surface area contributed by atoms with Gasteiger partial charge in [-0.2, -0.15) is 0 Å². The molecule has 0 spiro atoms. The van der Waals surface area contributed by atoms with E-state index in [-0.39, 0.29) is 16.3 Å². The lowest BCUT2D eigenvalue weighted by Gasteiger charge is -2.08. The summed E-state index contributed by atoms with van der Waals surface area (Å²) < 4.78 is 39.0. The Labute approximate surface area is 104 Å². The third-order valence-electron chi connectivity index (χ3n) is 2.23. The Morgan fingerprint density at radius 2 is 1.72 bits per heavy atom. The molecule has 0 amide bonds. The molecule has 2 aromatic carbocycles. The highest BCUT2D eigenvalue weighted by molar-refractivity contribution is 7.92. The first-order valence-electron chi connectivity index (χ1n) is 5.05. The van der Waals surface area contributed by atoms with Crippen molar-refractivity contribution in [1.29, 1.82) is 0 Å². The maximum atomic E-state index is 13.0. The van der Waals surface area contributed by atoms with Crippen molar-refractivity contribution in [3.05, 3.63) is 54.3 Å². The van der Waals surface area contributed by atoms with Crippen LogP contribution in [0.2, 0.25) is 0 Å². The minimum Gasteiger partial charge on any atom is -0.508 e. The fourth-order valence-corrected chi connectivity index (χ4v) is 2.47. The minimum absolute atomic E-state index is 0.0312. The molecule has 0 saturated carbocycles. The van der Waals surface area contributed by atoms with Gasteiger partial charge in [-0.1, -0.05) is 6.07 Å². The minimum atomic E-state index is -3.82. The fraction of sp³-hybridized carbons (Fsp3) is 0. The van der Waals surface area contributed by atoms with Gasteiger partial charge in [-0.05, 0) is 42.5 Å². The number of hydrogen-bond acceptors (Lipinski definition) is 3. The van der Waals surface area contributed by atoms with Crippen LogP contribution in [0.15, 0.2) is 53.4 Å². The fourth-order valence-electron chi connectivity index (χ4n) is 1.38. The summed E-state index contributed by atoms with van der Waals surface area (Å²) in [5.74, 6) is -0.590. The van der Waals surface area contributed by atoms with Crippen LogP contribution in [0.3, 0.4) is 0 Å². The summed E-state index contributed by atoms with van der Waals surface area (Å²) in [7, 11) is -3.82. The third kappa shape index (κ3) is 2.78. The Morgan fingerprint density at radius 1 is 1.06 bits per heavy atom. The number of phenols is 1. The number of anilines is 1. The molecule has 0 aliphatic heterocycles. The average Bonchev–Trinajstić information content (AvgIpc) is 2.32. The Morgan fingerprint density at radius 3 is 2.33 bits per heavy atom. The maximum absolute atomic E-state index is 13.0. The van der Waals surface area contributed by atoms with Gasteiger partial charge in [0.1, 0.15) is 11.6 Å². The molecule has 18 heavy (non-hydrogen) atoms. The van der Waals surface area contributed by atoms with Crippen LogP contribution in [0.4, 0.5) is 10.1 Å². The molecule has 0 unspecified atom stereocenters. The molecule has 0 heterocycles. The first-order chi connectivity index (χ1) is 8.47. The molecule has 2 N–H and O–H groups in total. The lowest BCUT2D eigenvalue weighted by Crippen LogP contribution is -2.12. The largest absolute Gasteiger partial charge is 0.508 e. The Hall–Kier alpha value is -2.08. The number of hydrogen-bond donors (Lipinski definition) is 2. The van der Waals surface area contributed by atoms with Crippen LogP contribution in [0, 0.1) is 5.82 Å². The summed E-state index contributed by atoms with van der Waals surface area (Å²) in [4.78, 5) is -0.157. The SMILES string of the molecule is O=S(=O)(Nc1ccc(O)cc1)c1cccc(F)c1. The highest BCUT2D eigenvalue weighted by Crippen LogP contribution is 2.18. The van der Waals surface area contributed by atoms with E-state index in [9.17, 15) is 12.8 Å². The van der Waals surface area contributed by atoms with Crippen LogP contribution in [0.25, 0.3) is 0 Å². The lowest BCUT2D eigenvalue weighted by molar-refractivity contribution is 0.475. The summed E-state index contributed by atoms with van der Waals surface area (Å²) in [6.07, 6.45) is 0. The molecule has 0 fully saturated rings. The molecule has 0 aromatic heterocycles. The predicted octanol–water partition coefficient (Wildman–Crippen LogP) is 2.33. The molecule has 0 saturated heterocycles. The van der Waals surface area contributed by atoms with Crippen LogP contribution in [0.5, 0.6) is 5.75 Å². The predicted molar refractivity (Wildman–Crippen MR) is 65.3 cm³/mol. The first kappa shape index (κ1) is 12.4. The second-order valence-corrected chi connectivity index (χ2v) is 5.29. The molecule has 0 aliphatic carbocycles. The van der Waals surface area contributed by atoms with Crippen molar-refractivity contribution in [3.8, 4) is 5.75 Å². The van der Waals surface area contributed by atoms with Crippen molar-refractivity contribution in [2.24, 2.45) is 0 Å². The van der Waals surface area contributed by atoms with E-state index in [1.807, 2.05) is 0 Å². The van der Waals surface area contributed by atoms with Gasteiger partial charge in [-0.15, -0.1) is 0 Å². The monoisotopic (exact) mass is 267 g/mol. The standard InChI is InChI=1S/C12H10FNO3S/c13-9-2-1-3-12(8-9)18(16,17)14-10-4-6-11(15)7-5-10/h1-8,14-15H. The van der Waals surface area contributed by atoms with Crippen LogP contribution in [-0.4, -0.2) is 13.5 Å². The quantitative estimate of drug-likeness (QED) is 0.839.